The predicted octanol–water partition coefficient (Wildman–Crippen LogP) is 4.83. The SMILES string of the molecule is c1ccc(-c2ccc(C3SCCS3)cc2)cc1. The van der Waals surface area contributed by atoms with Crippen molar-refractivity contribution >= 4 is 23.5 Å². The molecule has 2 aromatic rings. The lowest BCUT2D eigenvalue weighted by Crippen LogP contribution is -1.85. The Balaban J connectivity index is 1.85. The zero-order chi connectivity index (χ0) is 11.5. The van der Waals surface area contributed by atoms with Gasteiger partial charge in [0.25, 0.3) is 0 Å². The van der Waals surface area contributed by atoms with Crippen LogP contribution >= 0.6 is 23.5 Å². The summed E-state index contributed by atoms with van der Waals surface area (Å²) in [6.07, 6.45) is 0. The van der Waals surface area contributed by atoms with Crippen molar-refractivity contribution in [3.63, 3.8) is 0 Å². The van der Waals surface area contributed by atoms with Crippen LogP contribution in [0.15, 0.2) is 54.6 Å². The van der Waals surface area contributed by atoms with Crippen molar-refractivity contribution < 1.29 is 0 Å². The molecule has 0 N–H and O–H groups in total. The van der Waals surface area contributed by atoms with Gasteiger partial charge in [0.1, 0.15) is 0 Å². The van der Waals surface area contributed by atoms with Crippen LogP contribution in [0, 0.1) is 0 Å². The summed E-state index contributed by atoms with van der Waals surface area (Å²) in [6, 6.07) is 19.6. The molecule has 3 rings (SSSR count). The van der Waals surface area contributed by atoms with Crippen LogP contribution in [0.3, 0.4) is 0 Å². The van der Waals surface area contributed by atoms with Gasteiger partial charge in [-0.1, -0.05) is 54.6 Å². The summed E-state index contributed by atoms with van der Waals surface area (Å²) in [5, 5.41) is 0. The third-order valence-corrected chi connectivity index (χ3v) is 6.02. The Morgan fingerprint density at radius 1 is 0.706 bits per heavy atom. The maximum absolute atomic E-state index is 2.28. The molecule has 1 fully saturated rings. The van der Waals surface area contributed by atoms with Crippen molar-refractivity contribution in [2.45, 2.75) is 4.58 Å². The lowest BCUT2D eigenvalue weighted by Gasteiger charge is -2.09. The molecule has 2 aromatic carbocycles. The van der Waals surface area contributed by atoms with Crippen LogP contribution in [0.5, 0.6) is 0 Å². The van der Waals surface area contributed by atoms with Gasteiger partial charge < -0.3 is 0 Å². The van der Waals surface area contributed by atoms with Crippen LogP contribution in [0.1, 0.15) is 10.1 Å². The second kappa shape index (κ2) is 5.19. The smallest absolute Gasteiger partial charge is 0.0751 e. The van der Waals surface area contributed by atoms with Crippen LogP contribution in [-0.2, 0) is 0 Å². The molecule has 1 aliphatic heterocycles. The average molecular weight is 258 g/mol. The first-order valence-corrected chi connectivity index (χ1v) is 7.92. The Kier molecular flexibility index (Phi) is 3.44. The largest absolute Gasteiger partial charge is 0.142 e. The van der Waals surface area contributed by atoms with Gasteiger partial charge in [-0.15, -0.1) is 23.5 Å². The molecule has 0 radical (unpaired) electrons. The Bertz CT molecular complexity index is 470. The third kappa shape index (κ3) is 2.53. The fraction of sp³-hybridized carbons (Fsp3) is 0.200. The fourth-order valence-corrected chi connectivity index (χ4v) is 4.87. The van der Waals surface area contributed by atoms with Gasteiger partial charge in [-0.3, -0.25) is 0 Å². The Labute approximate surface area is 111 Å². The Hall–Kier alpha value is -0.860. The standard InChI is InChI=1S/C15H14S2/c1-2-4-12(5-3-1)13-6-8-14(9-7-13)15-16-10-11-17-15/h1-9,15H,10-11H2. The highest BCUT2D eigenvalue weighted by Gasteiger charge is 2.17. The molecule has 2 heteroatoms. The van der Waals surface area contributed by atoms with Crippen molar-refractivity contribution in [1.82, 2.24) is 0 Å². The number of rotatable bonds is 2. The monoisotopic (exact) mass is 258 g/mol. The van der Waals surface area contributed by atoms with Gasteiger partial charge in [-0.25, -0.2) is 0 Å². The highest BCUT2D eigenvalue weighted by atomic mass is 32.2. The lowest BCUT2D eigenvalue weighted by atomic mass is 10.0. The van der Waals surface area contributed by atoms with Gasteiger partial charge in [-0.05, 0) is 16.7 Å². The number of thioether (sulfide) groups is 2. The quantitative estimate of drug-likeness (QED) is 0.756. The van der Waals surface area contributed by atoms with Crippen LogP contribution in [0.25, 0.3) is 11.1 Å². The molecule has 0 amide bonds. The van der Waals surface area contributed by atoms with E-state index in [1.807, 2.05) is 0 Å². The second-order valence-electron chi connectivity index (χ2n) is 4.06. The predicted molar refractivity (Wildman–Crippen MR) is 79.5 cm³/mol. The number of hydrogen-bond acceptors (Lipinski definition) is 2. The van der Waals surface area contributed by atoms with Crippen LogP contribution in [0.4, 0.5) is 0 Å². The minimum Gasteiger partial charge on any atom is -0.142 e. The molecule has 0 saturated carbocycles. The highest BCUT2D eigenvalue weighted by Crippen LogP contribution is 2.45. The number of hydrogen-bond donors (Lipinski definition) is 0. The molecule has 1 heterocycles. The topological polar surface area (TPSA) is 0 Å². The third-order valence-electron chi connectivity index (χ3n) is 2.91. The molecule has 1 saturated heterocycles. The summed E-state index contributed by atoms with van der Waals surface area (Å²) in [5.74, 6) is 2.57. The minimum atomic E-state index is 0.653. The van der Waals surface area contributed by atoms with Gasteiger partial charge in [-0.2, -0.15) is 0 Å². The molecule has 17 heavy (non-hydrogen) atoms. The Morgan fingerprint density at radius 2 is 1.29 bits per heavy atom. The van der Waals surface area contributed by atoms with E-state index in [2.05, 4.69) is 78.1 Å². The molecule has 0 atom stereocenters. The van der Waals surface area contributed by atoms with Crippen molar-refractivity contribution in [3.8, 4) is 11.1 Å². The van der Waals surface area contributed by atoms with E-state index in [-0.39, 0.29) is 0 Å². The zero-order valence-corrected chi connectivity index (χ0v) is 11.1. The zero-order valence-electron chi connectivity index (χ0n) is 9.50. The molecular formula is C15H14S2. The van der Waals surface area contributed by atoms with Gasteiger partial charge in [0.05, 0.1) is 4.58 Å². The number of benzene rings is 2. The summed E-state index contributed by atoms with van der Waals surface area (Å²) in [7, 11) is 0. The van der Waals surface area contributed by atoms with Gasteiger partial charge >= 0.3 is 0 Å². The molecule has 86 valence electrons. The van der Waals surface area contributed by atoms with Crippen LogP contribution in [-0.4, -0.2) is 11.5 Å². The normalized spacial score (nSPS) is 16.2. The highest BCUT2D eigenvalue weighted by molar-refractivity contribution is 8.19. The van der Waals surface area contributed by atoms with Gasteiger partial charge in [0, 0.05) is 11.5 Å². The van der Waals surface area contributed by atoms with E-state index in [9.17, 15) is 0 Å². The summed E-state index contributed by atoms with van der Waals surface area (Å²) in [6.45, 7) is 0. The molecule has 0 nitrogen and oxygen atoms in total. The maximum Gasteiger partial charge on any atom is 0.0751 e. The van der Waals surface area contributed by atoms with E-state index in [0.29, 0.717) is 4.58 Å². The van der Waals surface area contributed by atoms with E-state index in [0.717, 1.165) is 0 Å². The molecule has 0 unspecified atom stereocenters. The molecule has 0 bridgehead atoms. The van der Waals surface area contributed by atoms with E-state index in [4.69, 9.17) is 0 Å². The molecular weight excluding hydrogens is 244 g/mol. The fourth-order valence-electron chi connectivity index (χ4n) is 2.01. The van der Waals surface area contributed by atoms with Gasteiger partial charge in [0.15, 0.2) is 0 Å². The van der Waals surface area contributed by atoms with Crippen molar-refractivity contribution in [2.75, 3.05) is 11.5 Å². The van der Waals surface area contributed by atoms with Crippen molar-refractivity contribution in [2.24, 2.45) is 0 Å². The van der Waals surface area contributed by atoms with Gasteiger partial charge in [0.2, 0.25) is 0 Å². The first-order chi connectivity index (χ1) is 8.43. The second-order valence-corrected chi connectivity index (χ2v) is 6.79. The first kappa shape index (κ1) is 11.2. The summed E-state index contributed by atoms with van der Waals surface area (Å²) < 4.78 is 0.653. The molecule has 0 aromatic heterocycles. The Morgan fingerprint density at radius 3 is 1.94 bits per heavy atom. The van der Waals surface area contributed by atoms with Crippen molar-refractivity contribution in [3.05, 3.63) is 60.2 Å². The summed E-state index contributed by atoms with van der Waals surface area (Å²) in [5.41, 5.74) is 4.06. The average Bonchev–Trinajstić information content (AvgIpc) is 2.94. The molecule has 0 aliphatic carbocycles. The lowest BCUT2D eigenvalue weighted by molar-refractivity contribution is 1.39. The van der Waals surface area contributed by atoms with E-state index in [1.165, 1.54) is 28.2 Å². The van der Waals surface area contributed by atoms with Crippen LogP contribution < -0.4 is 0 Å². The van der Waals surface area contributed by atoms with E-state index >= 15 is 0 Å². The first-order valence-electron chi connectivity index (χ1n) is 5.82. The molecule has 1 aliphatic rings. The van der Waals surface area contributed by atoms with Crippen molar-refractivity contribution in [1.29, 1.82) is 0 Å². The summed E-state index contributed by atoms with van der Waals surface area (Å²) >= 11 is 4.12. The van der Waals surface area contributed by atoms with E-state index in [1.54, 1.807) is 0 Å². The maximum atomic E-state index is 2.28. The minimum absolute atomic E-state index is 0.653. The van der Waals surface area contributed by atoms with Crippen LogP contribution in [0.2, 0.25) is 0 Å². The molecule has 0 spiro atoms. The summed E-state index contributed by atoms with van der Waals surface area (Å²) in [4.78, 5) is 0. The van der Waals surface area contributed by atoms with E-state index < -0.39 is 0 Å².